The first-order chi connectivity index (χ1) is 13.2. The Balaban J connectivity index is 2.02. The van der Waals surface area contributed by atoms with E-state index in [1.807, 2.05) is 0 Å². The maximum Gasteiger partial charge on any atom is 0.302 e. The molecular formula is C24H26O2P+. The van der Waals surface area contributed by atoms with E-state index in [9.17, 15) is 4.79 Å². The van der Waals surface area contributed by atoms with Gasteiger partial charge in [0.15, 0.2) is 0 Å². The summed E-state index contributed by atoms with van der Waals surface area (Å²) in [6, 6.07) is 32.6. The summed E-state index contributed by atoms with van der Waals surface area (Å²) in [6.45, 7) is 1.96. The van der Waals surface area contributed by atoms with Crippen LogP contribution in [0.1, 0.15) is 19.8 Å². The number of carbonyl (C=O) groups is 1. The van der Waals surface area contributed by atoms with Gasteiger partial charge < -0.3 is 4.74 Å². The molecule has 0 saturated heterocycles. The zero-order valence-electron chi connectivity index (χ0n) is 15.8. The van der Waals surface area contributed by atoms with Gasteiger partial charge in [-0.25, -0.2) is 0 Å². The van der Waals surface area contributed by atoms with Crippen molar-refractivity contribution in [1.82, 2.24) is 0 Å². The third-order valence-electron chi connectivity index (χ3n) is 4.78. The predicted octanol–water partition coefficient (Wildman–Crippen LogP) is 4.32. The van der Waals surface area contributed by atoms with Crippen molar-refractivity contribution in [3.05, 3.63) is 91.0 Å². The van der Waals surface area contributed by atoms with Gasteiger partial charge in [0.1, 0.15) is 23.2 Å². The van der Waals surface area contributed by atoms with Crippen LogP contribution in [-0.4, -0.2) is 18.7 Å². The third kappa shape index (κ3) is 4.64. The Morgan fingerprint density at radius 1 is 0.704 bits per heavy atom. The molecule has 3 rings (SSSR count). The minimum atomic E-state index is -1.76. The molecule has 0 radical (unpaired) electrons. The van der Waals surface area contributed by atoms with Crippen molar-refractivity contribution in [2.45, 2.75) is 19.8 Å². The van der Waals surface area contributed by atoms with E-state index in [1.54, 1.807) is 0 Å². The highest BCUT2D eigenvalue weighted by Crippen LogP contribution is 2.55. The number of ether oxygens (including phenoxy) is 1. The summed E-state index contributed by atoms with van der Waals surface area (Å²) < 4.78 is 5.15. The van der Waals surface area contributed by atoms with Gasteiger partial charge in [0.05, 0.1) is 12.8 Å². The van der Waals surface area contributed by atoms with Crippen molar-refractivity contribution in [3.8, 4) is 0 Å². The van der Waals surface area contributed by atoms with Crippen molar-refractivity contribution in [3.63, 3.8) is 0 Å². The number of carbonyl (C=O) groups excluding carboxylic acids is 1. The molecular weight excluding hydrogens is 351 g/mol. The maximum absolute atomic E-state index is 11.1. The van der Waals surface area contributed by atoms with Gasteiger partial charge in [-0.3, -0.25) is 4.79 Å². The van der Waals surface area contributed by atoms with Gasteiger partial charge in [-0.1, -0.05) is 54.6 Å². The van der Waals surface area contributed by atoms with Crippen molar-refractivity contribution in [2.75, 3.05) is 12.8 Å². The minimum absolute atomic E-state index is 0.203. The molecule has 0 aliphatic heterocycles. The molecule has 27 heavy (non-hydrogen) atoms. The summed E-state index contributed by atoms with van der Waals surface area (Å²) in [5.41, 5.74) is 0. The molecule has 0 unspecified atom stereocenters. The smallest absolute Gasteiger partial charge is 0.302 e. The lowest BCUT2D eigenvalue weighted by atomic mass is 10.3. The average molecular weight is 377 g/mol. The van der Waals surface area contributed by atoms with Gasteiger partial charge in [-0.2, -0.15) is 0 Å². The molecule has 0 atom stereocenters. The van der Waals surface area contributed by atoms with Crippen LogP contribution in [0.5, 0.6) is 0 Å². The number of unbranched alkanes of at least 4 members (excludes halogenated alkanes) is 1. The fourth-order valence-corrected chi connectivity index (χ4v) is 7.96. The number of hydrogen-bond donors (Lipinski definition) is 0. The maximum atomic E-state index is 11.1. The van der Waals surface area contributed by atoms with Gasteiger partial charge in [0.2, 0.25) is 0 Å². The summed E-state index contributed by atoms with van der Waals surface area (Å²) in [6.07, 6.45) is 2.96. The first-order valence-corrected chi connectivity index (χ1v) is 11.4. The molecule has 3 aromatic carbocycles. The number of hydrogen-bond acceptors (Lipinski definition) is 2. The second-order valence-corrected chi connectivity index (χ2v) is 10.2. The largest absolute Gasteiger partial charge is 0.466 e. The molecule has 3 aromatic rings. The van der Waals surface area contributed by atoms with Gasteiger partial charge >= 0.3 is 5.97 Å². The van der Waals surface area contributed by atoms with E-state index in [-0.39, 0.29) is 5.97 Å². The molecule has 0 fully saturated rings. The van der Waals surface area contributed by atoms with Crippen LogP contribution in [-0.2, 0) is 9.53 Å². The highest BCUT2D eigenvalue weighted by atomic mass is 31.2. The molecule has 0 N–H and O–H groups in total. The van der Waals surface area contributed by atoms with Crippen LogP contribution in [0.15, 0.2) is 91.0 Å². The molecule has 3 heteroatoms. The first-order valence-electron chi connectivity index (χ1n) is 9.42. The number of rotatable bonds is 8. The number of esters is 1. The van der Waals surface area contributed by atoms with E-state index >= 15 is 0 Å². The Morgan fingerprint density at radius 2 is 1.11 bits per heavy atom. The molecule has 138 valence electrons. The van der Waals surface area contributed by atoms with E-state index in [0.717, 1.165) is 19.0 Å². The Labute approximate surface area is 162 Å². The fourth-order valence-electron chi connectivity index (χ4n) is 3.55. The highest BCUT2D eigenvalue weighted by molar-refractivity contribution is 7.95. The Hall–Kier alpha value is -2.44. The average Bonchev–Trinajstić information content (AvgIpc) is 2.73. The van der Waals surface area contributed by atoms with Crippen LogP contribution >= 0.6 is 7.26 Å². The molecule has 0 amide bonds. The van der Waals surface area contributed by atoms with Crippen LogP contribution in [0, 0.1) is 0 Å². The molecule has 0 aromatic heterocycles. The van der Waals surface area contributed by atoms with E-state index in [2.05, 4.69) is 91.0 Å². The van der Waals surface area contributed by atoms with E-state index < -0.39 is 7.26 Å². The summed E-state index contributed by atoms with van der Waals surface area (Å²) in [4.78, 5) is 11.1. The van der Waals surface area contributed by atoms with Gasteiger partial charge in [-0.05, 0) is 49.2 Å². The third-order valence-corrected chi connectivity index (χ3v) is 9.31. The SMILES string of the molecule is CC(=O)OCCCC[P+](c1ccccc1)(c1ccccc1)c1ccccc1. The first kappa shape index (κ1) is 19.3. The van der Waals surface area contributed by atoms with Gasteiger partial charge in [0.25, 0.3) is 0 Å². The molecule has 0 saturated carbocycles. The van der Waals surface area contributed by atoms with E-state index in [1.165, 1.54) is 22.8 Å². The summed E-state index contributed by atoms with van der Waals surface area (Å²) in [5.74, 6) is -0.203. The van der Waals surface area contributed by atoms with Crippen LogP contribution in [0.2, 0.25) is 0 Å². The van der Waals surface area contributed by atoms with Crippen molar-refractivity contribution >= 4 is 29.1 Å². The van der Waals surface area contributed by atoms with Crippen molar-refractivity contribution in [2.24, 2.45) is 0 Å². The van der Waals surface area contributed by atoms with Crippen LogP contribution in [0.3, 0.4) is 0 Å². The second-order valence-electron chi connectivity index (χ2n) is 6.59. The van der Waals surface area contributed by atoms with Crippen LogP contribution in [0.4, 0.5) is 0 Å². The van der Waals surface area contributed by atoms with E-state index in [0.29, 0.717) is 6.61 Å². The lowest BCUT2D eigenvalue weighted by Gasteiger charge is -2.27. The highest BCUT2D eigenvalue weighted by Gasteiger charge is 2.44. The lowest BCUT2D eigenvalue weighted by Crippen LogP contribution is -2.33. The lowest BCUT2D eigenvalue weighted by molar-refractivity contribution is -0.141. The predicted molar refractivity (Wildman–Crippen MR) is 116 cm³/mol. The Morgan fingerprint density at radius 3 is 1.48 bits per heavy atom. The quantitative estimate of drug-likeness (QED) is 0.332. The topological polar surface area (TPSA) is 26.3 Å². The van der Waals surface area contributed by atoms with Gasteiger partial charge in [0, 0.05) is 6.92 Å². The fraction of sp³-hybridized carbons (Fsp3) is 0.208. The van der Waals surface area contributed by atoms with Crippen molar-refractivity contribution in [1.29, 1.82) is 0 Å². The Bertz CT molecular complexity index is 735. The van der Waals surface area contributed by atoms with Crippen LogP contribution in [0.25, 0.3) is 0 Å². The van der Waals surface area contributed by atoms with E-state index in [4.69, 9.17) is 4.74 Å². The Kier molecular flexibility index (Phi) is 6.79. The number of benzene rings is 3. The normalized spacial score (nSPS) is 11.1. The standard InChI is InChI=1S/C24H26O2P/c1-21(25)26-19-11-12-20-27(22-13-5-2-6-14-22,23-15-7-3-8-16-23)24-17-9-4-10-18-24/h2-10,13-18H,11-12,19-20H2,1H3/q+1. The summed E-state index contributed by atoms with van der Waals surface area (Å²) in [7, 11) is -1.76. The summed E-state index contributed by atoms with van der Waals surface area (Å²) >= 11 is 0. The molecule has 0 bridgehead atoms. The second kappa shape index (κ2) is 9.48. The molecule has 2 nitrogen and oxygen atoms in total. The zero-order chi connectivity index (χ0) is 19.0. The van der Waals surface area contributed by atoms with Crippen molar-refractivity contribution < 1.29 is 9.53 Å². The molecule has 0 heterocycles. The monoisotopic (exact) mass is 377 g/mol. The van der Waals surface area contributed by atoms with Crippen LogP contribution < -0.4 is 15.9 Å². The summed E-state index contributed by atoms with van der Waals surface area (Å²) in [5, 5.41) is 4.19. The molecule has 0 aliphatic rings. The minimum Gasteiger partial charge on any atom is -0.466 e. The molecule has 0 aliphatic carbocycles. The molecule has 0 spiro atoms. The zero-order valence-corrected chi connectivity index (χ0v) is 16.6. The van der Waals surface area contributed by atoms with Gasteiger partial charge in [-0.15, -0.1) is 0 Å².